The summed E-state index contributed by atoms with van der Waals surface area (Å²) < 4.78 is 27.5. The first-order chi connectivity index (χ1) is 19.0. The molecule has 9 nitrogen and oxygen atoms in total. The second kappa shape index (κ2) is 10.5. The summed E-state index contributed by atoms with van der Waals surface area (Å²) in [6.45, 7) is 3.76. The Bertz CT molecular complexity index is 1560. The molecule has 5 heterocycles. The molecule has 0 radical (unpaired) electrons. The van der Waals surface area contributed by atoms with Crippen LogP contribution in [0.15, 0.2) is 59.8 Å². The number of anilines is 2. The predicted molar refractivity (Wildman–Crippen MR) is 148 cm³/mol. The van der Waals surface area contributed by atoms with Crippen molar-refractivity contribution in [2.24, 2.45) is 0 Å². The van der Waals surface area contributed by atoms with Gasteiger partial charge in [0, 0.05) is 62.3 Å². The number of rotatable bonds is 7. The number of benzene rings is 1. The van der Waals surface area contributed by atoms with Gasteiger partial charge in [0.05, 0.1) is 36.4 Å². The zero-order chi connectivity index (χ0) is 26.9. The Morgan fingerprint density at radius 2 is 2.08 bits per heavy atom. The van der Waals surface area contributed by atoms with Crippen LogP contribution in [0, 0.1) is 5.82 Å². The molecule has 0 aliphatic carbocycles. The first kappa shape index (κ1) is 25.1. The third-order valence-electron chi connectivity index (χ3n) is 7.58. The van der Waals surface area contributed by atoms with Crippen molar-refractivity contribution in [2.45, 2.75) is 38.5 Å². The number of nitrogen functional groups attached to an aromatic ring is 1. The molecule has 39 heavy (non-hydrogen) atoms. The Morgan fingerprint density at radius 3 is 2.90 bits per heavy atom. The fraction of sp³-hybridized carbons (Fsp3) is 0.345. The molecule has 6 rings (SSSR count). The van der Waals surface area contributed by atoms with Crippen LogP contribution in [0.4, 0.5) is 15.9 Å². The van der Waals surface area contributed by atoms with Gasteiger partial charge in [-0.3, -0.25) is 9.69 Å². The standard InChI is InChI=1S/C29H31FN6O3/c1-38-27-11-19(6-7-32-27)15-36(23-3-2-8-34(18-23)22-4-5-26(31)33-14-22)17-20-16-35-9-10-39-25-13-21(30)12-24(28(25)35)29(20)37/h4-7,11-14,16,23H,2-3,8-10,15,17-18H2,1H3,(H2,31,33). The monoisotopic (exact) mass is 530 g/mol. The maximum absolute atomic E-state index is 14.4. The summed E-state index contributed by atoms with van der Waals surface area (Å²) in [4.78, 5) is 26.9. The predicted octanol–water partition coefficient (Wildman–Crippen LogP) is 3.59. The minimum Gasteiger partial charge on any atom is -0.489 e. The lowest BCUT2D eigenvalue weighted by Gasteiger charge is -2.40. The molecule has 2 N–H and O–H groups in total. The average molecular weight is 531 g/mol. The Kier molecular flexibility index (Phi) is 6.78. The molecule has 202 valence electrons. The highest BCUT2D eigenvalue weighted by atomic mass is 19.1. The van der Waals surface area contributed by atoms with E-state index < -0.39 is 5.82 Å². The van der Waals surface area contributed by atoms with Crippen molar-refractivity contribution in [3.05, 3.63) is 82.2 Å². The van der Waals surface area contributed by atoms with Crippen molar-refractivity contribution in [3.63, 3.8) is 0 Å². The number of pyridine rings is 3. The Hall–Kier alpha value is -4.18. The van der Waals surface area contributed by atoms with Gasteiger partial charge in [0.2, 0.25) is 5.88 Å². The summed E-state index contributed by atoms with van der Waals surface area (Å²) in [5.74, 6) is 0.983. The minimum absolute atomic E-state index is 0.165. The third kappa shape index (κ3) is 5.12. The topological polar surface area (TPSA) is 98.7 Å². The van der Waals surface area contributed by atoms with Gasteiger partial charge < -0.3 is 24.7 Å². The van der Waals surface area contributed by atoms with Crippen LogP contribution in [0.3, 0.4) is 0 Å². The Labute approximate surface area is 225 Å². The number of hydrogen-bond donors (Lipinski definition) is 1. The average Bonchev–Trinajstić information content (AvgIpc) is 2.95. The molecular weight excluding hydrogens is 499 g/mol. The lowest BCUT2D eigenvalue weighted by molar-refractivity contribution is 0.157. The smallest absolute Gasteiger partial charge is 0.213 e. The Balaban J connectivity index is 1.36. The maximum Gasteiger partial charge on any atom is 0.213 e. The summed E-state index contributed by atoms with van der Waals surface area (Å²) in [5.41, 5.74) is 9.00. The molecule has 1 saturated heterocycles. The molecule has 0 saturated carbocycles. The highest BCUT2D eigenvalue weighted by Crippen LogP contribution is 2.30. The number of aromatic nitrogens is 3. The number of piperidine rings is 1. The van der Waals surface area contributed by atoms with Gasteiger partial charge in [-0.1, -0.05) is 0 Å². The van der Waals surface area contributed by atoms with Gasteiger partial charge >= 0.3 is 0 Å². The van der Waals surface area contributed by atoms with E-state index in [1.807, 2.05) is 41.2 Å². The van der Waals surface area contributed by atoms with Crippen molar-refractivity contribution < 1.29 is 13.9 Å². The van der Waals surface area contributed by atoms with E-state index in [9.17, 15) is 9.18 Å². The zero-order valence-electron chi connectivity index (χ0n) is 21.8. The van der Waals surface area contributed by atoms with Crippen LogP contribution < -0.4 is 25.5 Å². The first-order valence-corrected chi connectivity index (χ1v) is 13.2. The van der Waals surface area contributed by atoms with Crippen LogP contribution in [0.5, 0.6) is 11.6 Å². The van der Waals surface area contributed by atoms with E-state index >= 15 is 0 Å². The fourth-order valence-electron chi connectivity index (χ4n) is 5.68. The molecule has 4 aromatic rings. The molecule has 10 heteroatoms. The van der Waals surface area contributed by atoms with E-state index in [1.54, 1.807) is 13.3 Å². The van der Waals surface area contributed by atoms with Gasteiger partial charge in [0.1, 0.15) is 24.0 Å². The lowest BCUT2D eigenvalue weighted by atomic mass is 10.0. The first-order valence-electron chi connectivity index (χ1n) is 13.2. The van der Waals surface area contributed by atoms with Crippen LogP contribution in [0.2, 0.25) is 0 Å². The van der Waals surface area contributed by atoms with E-state index in [0.717, 1.165) is 37.2 Å². The number of ether oxygens (including phenoxy) is 2. The number of hydrogen-bond acceptors (Lipinski definition) is 8. The minimum atomic E-state index is -0.471. The summed E-state index contributed by atoms with van der Waals surface area (Å²) in [6.07, 6.45) is 7.44. The summed E-state index contributed by atoms with van der Waals surface area (Å²) in [7, 11) is 1.60. The van der Waals surface area contributed by atoms with E-state index in [0.29, 0.717) is 60.2 Å². The summed E-state index contributed by atoms with van der Waals surface area (Å²) >= 11 is 0. The largest absolute Gasteiger partial charge is 0.489 e. The molecule has 1 aromatic carbocycles. The van der Waals surface area contributed by atoms with Crippen molar-refractivity contribution in [3.8, 4) is 11.6 Å². The maximum atomic E-state index is 14.4. The van der Waals surface area contributed by atoms with Crippen molar-refractivity contribution in [2.75, 3.05) is 37.4 Å². The number of nitrogens with zero attached hydrogens (tertiary/aromatic N) is 5. The third-order valence-corrected chi connectivity index (χ3v) is 7.58. The van der Waals surface area contributed by atoms with Gasteiger partial charge in [-0.25, -0.2) is 14.4 Å². The normalized spacial score (nSPS) is 16.9. The SMILES string of the molecule is COc1cc(CN(Cc2cn3c4c(cc(F)cc4c2=O)OCC3)C2CCCN(c3ccc(N)nc3)C2)ccn1. The molecule has 1 fully saturated rings. The van der Waals surface area contributed by atoms with Gasteiger partial charge in [0.25, 0.3) is 0 Å². The van der Waals surface area contributed by atoms with E-state index in [1.165, 1.54) is 12.1 Å². The van der Waals surface area contributed by atoms with Gasteiger partial charge in [-0.2, -0.15) is 0 Å². The van der Waals surface area contributed by atoms with Crippen molar-refractivity contribution in [1.82, 2.24) is 19.4 Å². The van der Waals surface area contributed by atoms with E-state index in [-0.39, 0.29) is 11.5 Å². The molecule has 2 aliphatic rings. The van der Waals surface area contributed by atoms with Gasteiger partial charge in [-0.15, -0.1) is 0 Å². The van der Waals surface area contributed by atoms with Gasteiger partial charge in [-0.05, 0) is 42.7 Å². The molecule has 0 spiro atoms. The molecule has 3 aromatic heterocycles. The van der Waals surface area contributed by atoms with Crippen molar-refractivity contribution in [1.29, 1.82) is 0 Å². The van der Waals surface area contributed by atoms with Crippen LogP contribution in [0.1, 0.15) is 24.0 Å². The van der Waals surface area contributed by atoms with Crippen molar-refractivity contribution >= 4 is 22.4 Å². The molecule has 1 unspecified atom stereocenters. The van der Waals surface area contributed by atoms with Crippen LogP contribution in [-0.4, -0.2) is 52.3 Å². The summed E-state index contributed by atoms with van der Waals surface area (Å²) in [6, 6.07) is 10.5. The molecular formula is C29H31FN6O3. The second-order valence-electron chi connectivity index (χ2n) is 10.1. The molecule has 0 amide bonds. The number of halogens is 1. The highest BCUT2D eigenvalue weighted by Gasteiger charge is 2.28. The summed E-state index contributed by atoms with van der Waals surface area (Å²) in [5, 5.41) is 0.353. The highest BCUT2D eigenvalue weighted by molar-refractivity contribution is 5.86. The molecule has 1 atom stereocenters. The van der Waals surface area contributed by atoms with Crippen LogP contribution in [0.25, 0.3) is 10.9 Å². The van der Waals surface area contributed by atoms with Crippen LogP contribution in [-0.2, 0) is 19.6 Å². The van der Waals surface area contributed by atoms with Crippen LogP contribution >= 0.6 is 0 Å². The number of nitrogens with two attached hydrogens (primary N) is 1. The Morgan fingerprint density at radius 1 is 1.18 bits per heavy atom. The fourth-order valence-corrected chi connectivity index (χ4v) is 5.68. The second-order valence-corrected chi connectivity index (χ2v) is 10.1. The molecule has 2 aliphatic heterocycles. The quantitative estimate of drug-likeness (QED) is 0.387. The molecule has 0 bridgehead atoms. The zero-order valence-corrected chi connectivity index (χ0v) is 21.8. The van der Waals surface area contributed by atoms with E-state index in [4.69, 9.17) is 15.2 Å². The van der Waals surface area contributed by atoms with Gasteiger partial charge in [0.15, 0.2) is 5.43 Å². The lowest BCUT2D eigenvalue weighted by Crippen LogP contribution is -2.48. The van der Waals surface area contributed by atoms with E-state index in [2.05, 4.69) is 19.8 Å². The number of methoxy groups -OCH3 is 1.